The summed E-state index contributed by atoms with van der Waals surface area (Å²) in [6.45, 7) is 11.8. The van der Waals surface area contributed by atoms with Crippen LogP contribution in [0.15, 0.2) is 146 Å². The van der Waals surface area contributed by atoms with Crippen LogP contribution in [-0.4, -0.2) is 31.8 Å². The van der Waals surface area contributed by atoms with Crippen LogP contribution in [0.3, 0.4) is 0 Å². The molecule has 0 bridgehead atoms. The molecule has 9 aromatic rings. The van der Waals surface area contributed by atoms with Gasteiger partial charge < -0.3 is 27.3 Å². The molecule has 7 aromatic carbocycles. The average Bonchev–Trinajstić information content (AvgIpc) is 3.38. The van der Waals surface area contributed by atoms with Gasteiger partial charge in [-0.3, -0.25) is 4.79 Å². The standard InChI is InChI=1S/C22H12F5N3O2.C22H18N4O.C6H7N.2C2H6/c1-9-2-3-11(21(31)32-20-18(26)16(24)15(23)17(25)19(20)27)7-13(9)10-4-5-14-12(6-10)8-29-22(28)30-14;1-14-7-8-16(21(27)25-18-5-3-2-4-6-18)12-19(14)15-9-10-20-17(11-15)13-24-22(23)26-20;7-6-4-2-1-3-5-6;2*1-2/h2-8H,1H3,(H2,28,29,30);2-13H,1H3,(H,25,27)(H2,23,24,26);1-5H,7H2;2*1-2H3. The van der Waals surface area contributed by atoms with E-state index in [1.54, 1.807) is 37.4 Å². The second-order valence-electron chi connectivity index (χ2n) is 14.6. The van der Waals surface area contributed by atoms with Gasteiger partial charge in [0.15, 0.2) is 0 Å². The minimum absolute atomic E-state index is 0.110. The van der Waals surface area contributed by atoms with E-state index in [0.717, 1.165) is 44.5 Å². The van der Waals surface area contributed by atoms with Crippen molar-refractivity contribution < 1.29 is 36.3 Å². The quantitative estimate of drug-likeness (QED) is 0.0312. The number of ether oxygens (including phenoxy) is 1. The van der Waals surface area contributed by atoms with Gasteiger partial charge in [-0.2, -0.15) is 8.78 Å². The van der Waals surface area contributed by atoms with Crippen molar-refractivity contribution in [2.75, 3.05) is 22.5 Å². The third-order valence-electron chi connectivity index (χ3n) is 9.99. The molecule has 0 fully saturated rings. The van der Waals surface area contributed by atoms with E-state index >= 15 is 0 Å². The predicted octanol–water partition coefficient (Wildman–Crippen LogP) is 12.9. The van der Waals surface area contributed by atoms with Crippen molar-refractivity contribution in [3.05, 3.63) is 197 Å². The monoisotopic (exact) mass is 952 g/mol. The van der Waals surface area contributed by atoms with E-state index in [0.29, 0.717) is 27.6 Å². The number of aryl methyl sites for hydroxylation is 2. The van der Waals surface area contributed by atoms with Gasteiger partial charge in [0.1, 0.15) is 0 Å². The normalized spacial score (nSPS) is 10.2. The number of nitrogens with two attached hydrogens (primary N) is 3. The number of rotatable bonds is 6. The summed E-state index contributed by atoms with van der Waals surface area (Å²) in [5.74, 6) is -14.0. The highest BCUT2D eigenvalue weighted by atomic mass is 19.2. The maximum absolute atomic E-state index is 13.8. The van der Waals surface area contributed by atoms with Crippen LogP contribution in [0.5, 0.6) is 5.75 Å². The lowest BCUT2D eigenvalue weighted by molar-refractivity contribution is 0.0715. The summed E-state index contributed by atoms with van der Waals surface area (Å²) in [5, 5.41) is 4.49. The summed E-state index contributed by atoms with van der Waals surface area (Å²) >= 11 is 0. The van der Waals surface area contributed by atoms with Gasteiger partial charge in [-0.1, -0.05) is 88.4 Å². The maximum atomic E-state index is 13.8. The molecule has 358 valence electrons. The van der Waals surface area contributed by atoms with Crippen molar-refractivity contribution in [1.82, 2.24) is 19.9 Å². The lowest BCUT2D eigenvalue weighted by Crippen LogP contribution is -2.14. The topological polar surface area (TPSA) is 185 Å². The number of benzene rings is 7. The Bertz CT molecular complexity index is 3240. The van der Waals surface area contributed by atoms with Gasteiger partial charge in [-0.05, 0) is 120 Å². The fourth-order valence-corrected chi connectivity index (χ4v) is 6.57. The molecule has 16 heteroatoms. The van der Waals surface area contributed by atoms with Crippen molar-refractivity contribution in [2.24, 2.45) is 0 Å². The van der Waals surface area contributed by atoms with Crippen LogP contribution in [0, 0.1) is 42.9 Å². The van der Waals surface area contributed by atoms with Crippen molar-refractivity contribution in [2.45, 2.75) is 41.5 Å². The summed E-state index contributed by atoms with van der Waals surface area (Å²) in [5.41, 5.74) is 25.0. The zero-order valence-corrected chi connectivity index (χ0v) is 39.0. The smallest absolute Gasteiger partial charge is 0.343 e. The fourth-order valence-electron chi connectivity index (χ4n) is 6.57. The second kappa shape index (κ2) is 24.3. The number of nitrogens with one attached hydrogen (secondary N) is 1. The third-order valence-corrected chi connectivity index (χ3v) is 9.99. The fraction of sp³-hybridized carbons (Fsp3) is 0.111. The molecule has 1 amide bonds. The van der Waals surface area contributed by atoms with E-state index in [1.165, 1.54) is 18.3 Å². The minimum atomic E-state index is -2.35. The van der Waals surface area contributed by atoms with Crippen LogP contribution in [0.2, 0.25) is 0 Å². The highest BCUT2D eigenvalue weighted by Gasteiger charge is 2.29. The van der Waals surface area contributed by atoms with Gasteiger partial charge in [0.05, 0.1) is 16.6 Å². The molecule has 0 radical (unpaired) electrons. The van der Waals surface area contributed by atoms with Gasteiger partial charge in [-0.15, -0.1) is 0 Å². The van der Waals surface area contributed by atoms with Gasteiger partial charge in [0.2, 0.25) is 46.7 Å². The van der Waals surface area contributed by atoms with Crippen molar-refractivity contribution in [3.63, 3.8) is 0 Å². The number of carbonyl (C=O) groups is 2. The van der Waals surface area contributed by atoms with Crippen LogP contribution in [0.25, 0.3) is 44.1 Å². The number of hydrogen-bond acceptors (Lipinski definition) is 10. The van der Waals surface area contributed by atoms with E-state index in [4.69, 9.17) is 17.2 Å². The first-order valence-electron chi connectivity index (χ1n) is 21.8. The molecule has 70 heavy (non-hydrogen) atoms. The molecule has 0 aliphatic heterocycles. The SMILES string of the molecule is CC.CC.Cc1ccc(C(=O)Nc2ccccc2)cc1-c1ccc2nc(N)ncc2c1.Cc1ccc(C(=O)Oc2c(F)c(F)c(F)c(F)c2F)cc1-c1ccc2nc(N)ncc2c1.Nc1ccccc1. The first-order chi connectivity index (χ1) is 33.7. The summed E-state index contributed by atoms with van der Waals surface area (Å²) < 4.78 is 72.2. The van der Waals surface area contributed by atoms with Crippen molar-refractivity contribution in [3.8, 4) is 28.0 Å². The number of aromatic nitrogens is 4. The number of hydrogen-bond donors (Lipinski definition) is 4. The molecular formula is C54H49F5N8O3. The number of nitrogen functional groups attached to an aromatic ring is 3. The molecule has 0 spiro atoms. The Morgan fingerprint density at radius 3 is 1.40 bits per heavy atom. The average molecular weight is 953 g/mol. The molecule has 0 saturated carbocycles. The Balaban J connectivity index is 0.000000217. The Hall–Kier alpha value is -8.79. The summed E-state index contributed by atoms with van der Waals surface area (Å²) in [6.07, 6.45) is 3.24. The molecule has 0 unspecified atom stereocenters. The van der Waals surface area contributed by atoms with E-state index < -0.39 is 40.8 Å². The van der Waals surface area contributed by atoms with Gasteiger partial charge in [-0.25, -0.2) is 37.9 Å². The lowest BCUT2D eigenvalue weighted by atomic mass is 9.97. The number of halogens is 5. The highest BCUT2D eigenvalue weighted by Crippen LogP contribution is 2.32. The van der Waals surface area contributed by atoms with Crippen LogP contribution in [0.4, 0.5) is 45.2 Å². The number of carbonyl (C=O) groups excluding carboxylic acids is 2. The number of nitrogens with zero attached hydrogens (tertiary/aromatic N) is 4. The Labute approximate surface area is 401 Å². The van der Waals surface area contributed by atoms with E-state index in [9.17, 15) is 31.5 Å². The number of anilines is 4. The van der Waals surface area contributed by atoms with Crippen LogP contribution >= 0.6 is 0 Å². The number of esters is 1. The van der Waals surface area contributed by atoms with Gasteiger partial charge in [0.25, 0.3) is 5.91 Å². The molecule has 0 saturated heterocycles. The first kappa shape index (κ1) is 52.2. The second-order valence-corrected chi connectivity index (χ2v) is 14.6. The molecule has 9 rings (SSSR count). The zero-order valence-electron chi connectivity index (χ0n) is 39.0. The molecule has 11 nitrogen and oxygen atoms in total. The number of amides is 1. The largest absolute Gasteiger partial charge is 0.416 e. The number of para-hydroxylation sites is 2. The molecule has 7 N–H and O–H groups in total. The highest BCUT2D eigenvalue weighted by molar-refractivity contribution is 6.05. The molecule has 2 aromatic heterocycles. The van der Waals surface area contributed by atoms with Gasteiger partial charge >= 0.3 is 5.97 Å². The first-order valence-corrected chi connectivity index (χ1v) is 21.8. The number of fused-ring (bicyclic) bond motifs is 2. The summed E-state index contributed by atoms with van der Waals surface area (Å²) in [7, 11) is 0. The third kappa shape index (κ3) is 12.8. The molecular weight excluding hydrogens is 904 g/mol. The Morgan fingerprint density at radius 2 is 0.943 bits per heavy atom. The van der Waals surface area contributed by atoms with E-state index in [1.807, 2.05) is 132 Å². The Kier molecular flexibility index (Phi) is 18.1. The molecule has 2 heterocycles. The zero-order chi connectivity index (χ0) is 51.1. The van der Waals surface area contributed by atoms with Crippen LogP contribution in [0.1, 0.15) is 59.5 Å². The summed E-state index contributed by atoms with van der Waals surface area (Å²) in [4.78, 5) is 41.4. The minimum Gasteiger partial charge on any atom is -0.416 e. The predicted molar refractivity (Wildman–Crippen MR) is 267 cm³/mol. The molecule has 0 atom stereocenters. The van der Waals surface area contributed by atoms with Gasteiger partial charge in [0, 0.05) is 40.1 Å². The summed E-state index contributed by atoms with van der Waals surface area (Å²) in [6, 6.07) is 39.9. The van der Waals surface area contributed by atoms with Crippen LogP contribution < -0.4 is 27.3 Å². The molecule has 0 aliphatic rings. The van der Waals surface area contributed by atoms with Crippen LogP contribution in [-0.2, 0) is 0 Å². The van der Waals surface area contributed by atoms with E-state index in [-0.39, 0.29) is 23.4 Å². The lowest BCUT2D eigenvalue weighted by Gasteiger charge is -2.11. The van der Waals surface area contributed by atoms with Crippen molar-refractivity contribution >= 4 is 57.0 Å². The molecule has 0 aliphatic carbocycles. The maximum Gasteiger partial charge on any atom is 0.343 e. The van der Waals surface area contributed by atoms with Crippen molar-refractivity contribution in [1.29, 1.82) is 0 Å². The Morgan fingerprint density at radius 1 is 0.514 bits per heavy atom. The van der Waals surface area contributed by atoms with E-state index in [2.05, 4.69) is 30.0 Å².